The lowest BCUT2D eigenvalue weighted by Crippen LogP contribution is -2.49. The monoisotopic (exact) mass is 788 g/mol. The van der Waals surface area contributed by atoms with E-state index in [-0.39, 0.29) is 17.3 Å². The molecule has 0 spiro atoms. The normalized spacial score (nSPS) is 18.9. The summed E-state index contributed by atoms with van der Waals surface area (Å²) in [7, 11) is 0. The second-order valence-electron chi connectivity index (χ2n) is 15.5. The minimum atomic E-state index is -0.515. The molecule has 0 fully saturated rings. The maximum atomic E-state index is 5.37. The Kier molecular flexibility index (Phi) is 9.17. The second kappa shape index (κ2) is 15.3. The minimum Gasteiger partial charge on any atom is -0.344 e. The molecule has 0 amide bonds. The smallest absolute Gasteiger partial charge is 0.159 e. The van der Waals surface area contributed by atoms with Gasteiger partial charge in [-0.3, -0.25) is 4.98 Å². The van der Waals surface area contributed by atoms with Crippen LogP contribution in [0.5, 0.6) is 0 Å². The molecule has 11 rings (SSSR count). The van der Waals surface area contributed by atoms with Crippen molar-refractivity contribution in [2.45, 2.75) is 21.7 Å². The molecule has 2 aliphatic heterocycles. The van der Waals surface area contributed by atoms with E-state index in [0.717, 1.165) is 50.4 Å². The van der Waals surface area contributed by atoms with E-state index in [1.807, 2.05) is 30.1 Å². The summed E-state index contributed by atoms with van der Waals surface area (Å²) in [6, 6.07) is 69.6. The number of nitrogens with one attached hydrogen (secondary N) is 1. The molecule has 7 aromatic carbocycles. The van der Waals surface area contributed by atoms with Gasteiger partial charge in [-0.05, 0) is 45.0 Å². The van der Waals surface area contributed by atoms with Gasteiger partial charge < -0.3 is 5.32 Å². The predicted molar refractivity (Wildman–Crippen MR) is 248 cm³/mol. The summed E-state index contributed by atoms with van der Waals surface area (Å²) in [5.74, 6) is 1.63. The molecular weight excluding hydrogens is 749 g/mol. The maximum Gasteiger partial charge on any atom is 0.159 e. The van der Waals surface area contributed by atoms with E-state index in [1.54, 1.807) is 0 Å². The molecule has 60 heavy (non-hydrogen) atoms. The van der Waals surface area contributed by atoms with Gasteiger partial charge in [-0.2, -0.15) is 0 Å². The number of benzene rings is 7. The van der Waals surface area contributed by atoms with Crippen molar-refractivity contribution < 1.29 is 0 Å². The highest BCUT2D eigenvalue weighted by Crippen LogP contribution is 2.60. The van der Waals surface area contributed by atoms with Gasteiger partial charge in [0.25, 0.3) is 0 Å². The summed E-state index contributed by atoms with van der Waals surface area (Å²) >= 11 is 1.96. The molecule has 3 heterocycles. The van der Waals surface area contributed by atoms with Gasteiger partial charge in [-0.15, -0.1) is 11.8 Å². The van der Waals surface area contributed by atoms with E-state index in [4.69, 9.17) is 15.0 Å². The Morgan fingerprint density at radius 2 is 1.17 bits per heavy atom. The van der Waals surface area contributed by atoms with Crippen LogP contribution in [0.1, 0.15) is 34.0 Å². The molecule has 286 valence electrons. The number of hydrogen-bond acceptors (Lipinski definition) is 5. The molecule has 0 radical (unpaired) electrons. The molecule has 1 aromatic heterocycles. The first kappa shape index (κ1) is 36.0. The van der Waals surface area contributed by atoms with Gasteiger partial charge in [0.2, 0.25) is 0 Å². The fourth-order valence-corrected chi connectivity index (χ4v) is 11.1. The molecule has 8 aromatic rings. The molecule has 4 nitrogen and oxygen atoms in total. The Labute approximate surface area is 354 Å². The van der Waals surface area contributed by atoms with Gasteiger partial charge in [0.15, 0.2) is 5.84 Å². The molecule has 0 saturated carbocycles. The first-order valence-electron chi connectivity index (χ1n) is 20.5. The SMILES string of the molecule is C1=CC2C(Sc3c(-c4ccc(-c5cccc6cccnc56)cc4)cccc3C2(c2ccccc2)c2ccccc2)C(C2=NC(c3ccccc3)=NC(c3ccccc3)N2)=C1. The Balaban J connectivity index is 1.10. The zero-order valence-electron chi connectivity index (χ0n) is 32.8. The molecule has 3 aliphatic rings. The Morgan fingerprint density at radius 3 is 1.88 bits per heavy atom. The van der Waals surface area contributed by atoms with Crippen LogP contribution >= 0.6 is 11.8 Å². The van der Waals surface area contributed by atoms with Gasteiger partial charge in [-0.25, -0.2) is 9.98 Å². The predicted octanol–water partition coefficient (Wildman–Crippen LogP) is 12.6. The average molecular weight is 789 g/mol. The number of amidine groups is 2. The molecule has 1 aliphatic carbocycles. The van der Waals surface area contributed by atoms with Crippen LogP contribution in [0.2, 0.25) is 0 Å². The van der Waals surface area contributed by atoms with Crippen molar-refractivity contribution in [1.29, 1.82) is 0 Å². The second-order valence-corrected chi connectivity index (χ2v) is 16.6. The van der Waals surface area contributed by atoms with E-state index >= 15 is 0 Å². The van der Waals surface area contributed by atoms with Gasteiger partial charge in [0, 0.05) is 44.3 Å². The fourth-order valence-electron chi connectivity index (χ4n) is 9.45. The molecule has 3 atom stereocenters. The number of fused-ring (bicyclic) bond motifs is 3. The first-order valence-corrected chi connectivity index (χ1v) is 21.4. The van der Waals surface area contributed by atoms with Gasteiger partial charge >= 0.3 is 0 Å². The standard InChI is InChI=1S/C55H40N4S/c1-5-17-40(18-6-1)52-57-53(41-19-7-2-8-20-41)59-54(58-52)46-29-15-31-48-51(46)60-50-45(38-34-32-37(33-35-38)44-27-13-21-39-22-16-36-56-49(39)44)28-14-30-47(50)55(48,42-23-9-3-10-24-42)43-25-11-4-12-26-43/h1-36,48,51-52H,(H,57,58,59). The lowest BCUT2D eigenvalue weighted by molar-refractivity contribution is 0.436. The topological polar surface area (TPSA) is 49.6 Å². The van der Waals surface area contributed by atoms with E-state index in [0.29, 0.717) is 0 Å². The number of para-hydroxylation sites is 1. The number of thioether (sulfide) groups is 1. The number of nitrogens with zero attached hydrogens (tertiary/aromatic N) is 3. The number of hydrogen-bond donors (Lipinski definition) is 1. The quantitative estimate of drug-likeness (QED) is 0.175. The highest BCUT2D eigenvalue weighted by atomic mass is 32.2. The summed E-state index contributed by atoms with van der Waals surface area (Å²) in [5, 5.41) is 4.97. The van der Waals surface area contributed by atoms with Gasteiger partial charge in [0.1, 0.15) is 12.0 Å². The lowest BCUT2D eigenvalue weighted by atomic mass is 9.59. The number of allylic oxidation sites excluding steroid dienone is 3. The largest absolute Gasteiger partial charge is 0.344 e. The van der Waals surface area contributed by atoms with Crippen LogP contribution in [-0.4, -0.2) is 21.9 Å². The van der Waals surface area contributed by atoms with Crippen LogP contribution in [0.25, 0.3) is 33.2 Å². The summed E-state index contributed by atoms with van der Waals surface area (Å²) in [5.41, 5.74) is 12.3. The summed E-state index contributed by atoms with van der Waals surface area (Å²) in [6.45, 7) is 0. The average Bonchev–Trinajstić information content (AvgIpc) is 3.34. The highest BCUT2D eigenvalue weighted by molar-refractivity contribution is 8.00. The van der Waals surface area contributed by atoms with E-state index in [9.17, 15) is 0 Å². The Hall–Kier alpha value is -7.08. The van der Waals surface area contributed by atoms with Crippen LogP contribution in [-0.2, 0) is 5.41 Å². The van der Waals surface area contributed by atoms with Crippen molar-refractivity contribution in [1.82, 2.24) is 10.3 Å². The highest BCUT2D eigenvalue weighted by Gasteiger charge is 2.53. The Morgan fingerprint density at radius 1 is 0.550 bits per heavy atom. The summed E-state index contributed by atoms with van der Waals surface area (Å²) in [6.07, 6.45) is 8.55. The van der Waals surface area contributed by atoms with Crippen LogP contribution in [0, 0.1) is 5.92 Å². The van der Waals surface area contributed by atoms with Crippen molar-refractivity contribution in [2.75, 3.05) is 0 Å². The molecule has 3 unspecified atom stereocenters. The van der Waals surface area contributed by atoms with Gasteiger partial charge in [0.05, 0.1) is 10.9 Å². The van der Waals surface area contributed by atoms with Crippen LogP contribution in [0.3, 0.4) is 0 Å². The third-order valence-corrected chi connectivity index (χ3v) is 13.6. The number of rotatable bonds is 7. The molecule has 5 heteroatoms. The molecule has 0 bridgehead atoms. The van der Waals surface area contributed by atoms with E-state index < -0.39 is 5.41 Å². The first-order chi connectivity index (χ1) is 29.8. The minimum absolute atomic E-state index is 0.00268. The van der Waals surface area contributed by atoms with Crippen LogP contribution in [0.4, 0.5) is 0 Å². The van der Waals surface area contributed by atoms with Gasteiger partial charge in [-0.1, -0.05) is 206 Å². The summed E-state index contributed by atoms with van der Waals surface area (Å²) < 4.78 is 0. The van der Waals surface area contributed by atoms with Crippen molar-refractivity contribution in [2.24, 2.45) is 15.9 Å². The zero-order chi connectivity index (χ0) is 39.9. The maximum absolute atomic E-state index is 5.37. The molecule has 1 N–H and O–H groups in total. The van der Waals surface area contributed by atoms with Crippen molar-refractivity contribution in [3.05, 3.63) is 252 Å². The number of aliphatic imine (C=N–C) groups is 2. The lowest BCUT2D eigenvalue weighted by Gasteiger charge is -2.51. The van der Waals surface area contributed by atoms with Crippen molar-refractivity contribution in [3.8, 4) is 22.3 Å². The number of pyridine rings is 1. The molecule has 0 saturated heterocycles. The zero-order valence-corrected chi connectivity index (χ0v) is 33.6. The van der Waals surface area contributed by atoms with Crippen molar-refractivity contribution in [3.63, 3.8) is 0 Å². The van der Waals surface area contributed by atoms with Crippen LogP contribution < -0.4 is 5.32 Å². The number of aromatic nitrogens is 1. The van der Waals surface area contributed by atoms with Crippen molar-refractivity contribution >= 4 is 34.3 Å². The third kappa shape index (κ3) is 6.13. The Bertz CT molecular complexity index is 2930. The molecular formula is C55H40N4S. The third-order valence-electron chi connectivity index (χ3n) is 12.2. The van der Waals surface area contributed by atoms with E-state index in [2.05, 4.69) is 206 Å². The van der Waals surface area contributed by atoms with Crippen LogP contribution in [0.15, 0.2) is 239 Å². The van der Waals surface area contributed by atoms with E-state index in [1.165, 1.54) is 32.7 Å². The summed E-state index contributed by atoms with van der Waals surface area (Å²) in [4.78, 5) is 16.6. The fraction of sp³-hybridized carbons (Fsp3) is 0.0727.